The highest BCUT2D eigenvalue weighted by Gasteiger charge is 2.50. The minimum Gasteiger partial charge on any atom is -0.378 e. The van der Waals surface area contributed by atoms with E-state index in [1.807, 2.05) is 48.6 Å². The minimum absolute atomic E-state index is 0.0931. The van der Waals surface area contributed by atoms with Crippen molar-refractivity contribution in [2.45, 2.75) is 247 Å². The van der Waals surface area contributed by atoms with Crippen LogP contribution in [0.4, 0.5) is 23.2 Å². The van der Waals surface area contributed by atoms with Crippen molar-refractivity contribution >= 4 is 66.6 Å². The molecule has 10 fully saturated rings. The van der Waals surface area contributed by atoms with Gasteiger partial charge in [-0.15, -0.1) is 4.99 Å². The molecule has 21 nitrogen and oxygen atoms in total. The Morgan fingerprint density at radius 3 is 1.20 bits per heavy atom. The van der Waals surface area contributed by atoms with Crippen LogP contribution < -0.4 is 4.72 Å². The Balaban J connectivity index is 0.000000131. The molecule has 20 rings (SSSR count). The largest absolute Gasteiger partial charge is 0.378 e. The topological polar surface area (TPSA) is 202 Å². The Bertz CT molecular complexity index is 5850. The molecule has 10 aliphatic rings. The van der Waals surface area contributed by atoms with Gasteiger partial charge in [0, 0.05) is 112 Å². The van der Waals surface area contributed by atoms with Gasteiger partial charge in [0.2, 0.25) is 28.1 Å². The number of piperidine rings is 6. The summed E-state index contributed by atoms with van der Waals surface area (Å²) in [5.74, 6) is 0.744. The second kappa shape index (κ2) is 37.3. The lowest BCUT2D eigenvalue weighted by Crippen LogP contribution is -2.54. The number of benzene rings is 7. The lowest BCUT2D eigenvalue weighted by Gasteiger charge is -2.47. The molecule has 0 spiro atoms. The Labute approximate surface area is 757 Å². The molecule has 13 heterocycles. The number of nitrogens with zero attached hydrogens (tertiary/aromatic N) is 15. The molecule has 6 bridgehead atoms. The number of halogens is 4. The van der Waals surface area contributed by atoms with Gasteiger partial charge in [0.1, 0.15) is 40.5 Å². The molecule has 10 saturated heterocycles. The van der Waals surface area contributed by atoms with Crippen molar-refractivity contribution in [2.75, 3.05) is 96.2 Å². The van der Waals surface area contributed by atoms with Crippen molar-refractivity contribution in [3.8, 4) is 6.19 Å². The Morgan fingerprint density at radius 1 is 0.465 bits per heavy atom. The lowest BCUT2D eigenvalue weighted by molar-refractivity contribution is -0.141. The third-order valence-electron chi connectivity index (χ3n) is 31.5. The number of guanidine groups is 1. The maximum atomic E-state index is 15.3. The molecule has 0 aliphatic carbocycles. The van der Waals surface area contributed by atoms with Crippen molar-refractivity contribution in [1.29, 1.82) is 5.26 Å². The molecule has 10 aliphatic heterocycles. The second-order valence-electron chi connectivity index (χ2n) is 39.9. The van der Waals surface area contributed by atoms with Crippen LogP contribution in [0, 0.1) is 60.9 Å². The summed E-state index contributed by atoms with van der Waals surface area (Å²) in [5.41, 5.74) is 8.39. The third kappa shape index (κ3) is 18.5. The van der Waals surface area contributed by atoms with E-state index in [0.29, 0.717) is 80.4 Å². The Kier molecular flexibility index (Phi) is 25.9. The van der Waals surface area contributed by atoms with E-state index in [9.17, 15) is 36.4 Å². The maximum Gasteiger partial charge on any atom is 0.259 e. The summed E-state index contributed by atoms with van der Waals surface area (Å²) < 4.78 is 97.6. The first-order valence-electron chi connectivity index (χ1n) is 47.5. The predicted molar refractivity (Wildman–Crippen MR) is 498 cm³/mol. The van der Waals surface area contributed by atoms with Gasteiger partial charge in [-0.3, -0.25) is 29.0 Å². The number of carbonyl (C=O) groups is 2. The molecule has 0 radical (unpaired) electrons. The number of nitriles is 1. The zero-order valence-corrected chi connectivity index (χ0v) is 76.8. The van der Waals surface area contributed by atoms with Crippen molar-refractivity contribution in [2.24, 2.45) is 10.4 Å². The number of likely N-dealkylation sites (tertiary alicyclic amines) is 3. The van der Waals surface area contributed by atoms with Gasteiger partial charge in [-0.1, -0.05) is 112 Å². The normalized spacial score (nSPS) is 24.7. The number of carbonyl (C=O) groups excluding carboxylic acids is 2. The number of morpholine rings is 1. The summed E-state index contributed by atoms with van der Waals surface area (Å²) in [4.78, 5) is 61.7. The molecule has 10 aromatic rings. The molecule has 129 heavy (non-hydrogen) atoms. The van der Waals surface area contributed by atoms with Crippen LogP contribution in [0.15, 0.2) is 169 Å². The van der Waals surface area contributed by atoms with E-state index in [1.165, 1.54) is 90.9 Å². The van der Waals surface area contributed by atoms with Crippen molar-refractivity contribution in [3.63, 3.8) is 0 Å². The summed E-state index contributed by atoms with van der Waals surface area (Å²) in [6.45, 7) is 22.2. The van der Waals surface area contributed by atoms with Gasteiger partial charge in [0.25, 0.3) is 5.91 Å². The second-order valence-corrected chi connectivity index (χ2v) is 41.6. The number of para-hydroxylation sites is 6. The van der Waals surface area contributed by atoms with E-state index in [2.05, 4.69) is 173 Å². The number of ether oxygens (including phenoxy) is 1. The number of aromatic nitrogens is 6. The van der Waals surface area contributed by atoms with Crippen LogP contribution in [-0.4, -0.2) is 217 Å². The molecular formula is C103H126F4N16O5S. The van der Waals surface area contributed by atoms with E-state index in [1.54, 1.807) is 24.3 Å². The van der Waals surface area contributed by atoms with Crippen LogP contribution in [0.5, 0.6) is 0 Å². The zero-order chi connectivity index (χ0) is 89.7. The Hall–Kier alpha value is -10.0. The van der Waals surface area contributed by atoms with E-state index < -0.39 is 44.2 Å². The van der Waals surface area contributed by atoms with Crippen molar-refractivity contribution < 1.29 is 40.3 Å². The first kappa shape index (κ1) is 89.5. The molecular weight excluding hydrogens is 1650 g/mol. The summed E-state index contributed by atoms with van der Waals surface area (Å²) in [5, 5.41) is 9.48. The molecule has 682 valence electrons. The van der Waals surface area contributed by atoms with Crippen LogP contribution in [0.1, 0.15) is 218 Å². The minimum atomic E-state index is -3.85. The zero-order valence-electron chi connectivity index (χ0n) is 76.0. The number of sulfonamides is 1. The fourth-order valence-corrected chi connectivity index (χ4v) is 25.6. The summed E-state index contributed by atoms with van der Waals surface area (Å²) >= 11 is 0. The number of amides is 2. The number of fused-ring (bicyclic) bond motifs is 9. The van der Waals surface area contributed by atoms with Gasteiger partial charge in [-0.05, 0) is 281 Å². The quantitative estimate of drug-likeness (QED) is 0.0368. The van der Waals surface area contributed by atoms with Crippen LogP contribution in [0.2, 0.25) is 0 Å². The Morgan fingerprint density at radius 2 is 0.822 bits per heavy atom. The third-order valence-corrected chi connectivity index (χ3v) is 32.1. The molecule has 3 aromatic heterocycles. The van der Waals surface area contributed by atoms with Crippen LogP contribution in [0.25, 0.3) is 33.1 Å². The fraction of sp³-hybridized carbons (Fsp3) is 0.524. The number of aliphatic imine (C=N–C) groups is 1. The van der Waals surface area contributed by atoms with Gasteiger partial charge in [-0.25, -0.2) is 40.9 Å². The van der Waals surface area contributed by atoms with Gasteiger partial charge in [0.15, 0.2) is 5.82 Å². The number of rotatable bonds is 18. The average Bonchev–Trinajstić information content (AvgIpc) is 0.906. The number of hydrogen-bond donors (Lipinski definition) is 1. The molecule has 26 heteroatoms. The predicted octanol–water partition coefficient (Wildman–Crippen LogP) is 18.3. The number of anilines is 1. The standard InChI is InChI=1S/C36H40F3N5O3S.C34H43N7O.C33H43FN4O/c1-23-40-30-8-3-4-9-32(30)44(23)28-21-26-10-11-27(22-28)43(26)19-16-36(24-6-5-7-25(37)20-24)14-17-42(18-15-36)35(45)33-29(38)12-13-31(34(33)39)41-48(2,46)47;1-26-37-31-9-5-6-10-32(31)41(26)30-23-28-11-12-29(24-30)40(28)18-15-34(27-7-3-2-4-8-27)13-16-38(17-14-34)33(36-25-35)39-19-21-42-22-20-39;1-23-35-29-10-5-6-11-30(29)38(23)28-21-26-12-13-27(22-28)37(26)19-16-33(24-8-7-9-25(34)20-24)14-17-36(18-15-33)31(39)32(2,3)4/h3-9,12-13,20,26-28,41H,10-11,14-19,21-22H2,1-2H3;2-10,28-30H,11-24H2,1H3;5-11,20,26-28H,12-19,21-22H2,1-4H3/t26-,27+,28?;28-,29+,30?;26-,27+,28?. The molecule has 7 aromatic carbocycles. The number of aryl methyl sites for hydroxylation is 3. The van der Waals surface area contributed by atoms with Crippen LogP contribution >= 0.6 is 0 Å². The lowest BCUT2D eigenvalue weighted by atomic mass is 9.70. The van der Waals surface area contributed by atoms with Gasteiger partial charge >= 0.3 is 0 Å². The van der Waals surface area contributed by atoms with Crippen LogP contribution in [0.3, 0.4) is 0 Å². The van der Waals surface area contributed by atoms with E-state index in [0.717, 1.165) is 193 Å². The SMILES string of the molecule is Cc1nc2ccccc2n1C1C[C@H]2CC[C@@H](C1)N2CCC1(c2cccc(F)c2)CCN(C(=O)C(C)(C)C)CC1.Cc1nc2ccccc2n1C1C[C@H]2CC[C@@H](C1)N2CCC1(c2cccc(F)c2)CCN(C(=O)c2c(F)ccc(NS(C)(=O)=O)c2F)CC1.Cc1nc2ccccc2n1C1C[C@H]2CC[C@@H](C1)N2CCC1(c2ccccc2)CCN(C(=NC#N)N2CCOCC2)CC1. The molecule has 3 unspecified atom stereocenters. The average molecular weight is 1780 g/mol. The van der Waals surface area contributed by atoms with E-state index in [4.69, 9.17) is 19.7 Å². The first-order chi connectivity index (χ1) is 62.2. The van der Waals surface area contributed by atoms with Crippen molar-refractivity contribution in [1.82, 2.24) is 63.0 Å². The van der Waals surface area contributed by atoms with Crippen molar-refractivity contribution in [3.05, 3.63) is 227 Å². The summed E-state index contributed by atoms with van der Waals surface area (Å²) in [7, 11) is -3.85. The van der Waals surface area contributed by atoms with Gasteiger partial charge < -0.3 is 38.0 Å². The number of nitrogens with one attached hydrogen (secondary N) is 1. The molecule has 0 saturated carbocycles. The van der Waals surface area contributed by atoms with Crippen LogP contribution in [-0.2, 0) is 35.8 Å². The highest BCUT2D eigenvalue weighted by molar-refractivity contribution is 7.92. The first-order valence-corrected chi connectivity index (χ1v) is 49.4. The summed E-state index contributed by atoms with van der Waals surface area (Å²) in [6.07, 6.45) is 25.1. The van der Waals surface area contributed by atoms with E-state index >= 15 is 4.39 Å². The smallest absolute Gasteiger partial charge is 0.259 e. The van der Waals surface area contributed by atoms with Gasteiger partial charge in [-0.2, -0.15) is 5.26 Å². The maximum absolute atomic E-state index is 15.3. The molecule has 9 atom stereocenters. The fourth-order valence-electron chi connectivity index (χ4n) is 25.1. The molecule has 1 N–H and O–H groups in total. The molecule has 2 amide bonds. The number of hydrogen-bond acceptors (Lipinski definition) is 13. The van der Waals surface area contributed by atoms with Gasteiger partial charge in [0.05, 0.1) is 58.3 Å². The number of imidazole rings is 3. The highest BCUT2D eigenvalue weighted by atomic mass is 32.2. The monoisotopic (exact) mass is 1770 g/mol. The van der Waals surface area contributed by atoms with E-state index in [-0.39, 0.29) is 46.9 Å². The highest BCUT2D eigenvalue weighted by Crippen LogP contribution is 2.51. The summed E-state index contributed by atoms with van der Waals surface area (Å²) in [6, 6.07) is 57.2.